The van der Waals surface area contributed by atoms with Crippen molar-refractivity contribution in [1.82, 2.24) is 0 Å². The highest BCUT2D eigenvalue weighted by molar-refractivity contribution is 5.92. The molecule has 9 atom stereocenters. The van der Waals surface area contributed by atoms with Crippen LogP contribution in [0.15, 0.2) is 39.5 Å². The Morgan fingerprint density at radius 2 is 1.20 bits per heavy atom. The minimum absolute atomic E-state index is 0.0708. The Bertz CT molecular complexity index is 1450. The zero-order chi connectivity index (χ0) is 29.0. The van der Waals surface area contributed by atoms with Gasteiger partial charge in [0.15, 0.2) is 11.0 Å². The average Bonchev–Trinajstić information content (AvgIpc) is 3.21. The van der Waals surface area contributed by atoms with E-state index in [1.165, 1.54) is 24.3 Å². The third-order valence-corrected chi connectivity index (χ3v) is 7.35. The number of aromatic hydroxyl groups is 3. The lowest BCUT2D eigenvalue weighted by Gasteiger charge is -2.40. The third kappa shape index (κ3) is 4.39. The van der Waals surface area contributed by atoms with Crippen LogP contribution in [0.4, 0.5) is 0 Å². The summed E-state index contributed by atoms with van der Waals surface area (Å²) in [6.45, 7) is -1.55. The minimum Gasteiger partial charge on any atom is -0.508 e. The first-order valence-corrected chi connectivity index (χ1v) is 12.3. The van der Waals surface area contributed by atoms with Gasteiger partial charge < -0.3 is 65.0 Å². The first-order chi connectivity index (χ1) is 19.0. The van der Waals surface area contributed by atoms with Gasteiger partial charge in [0.05, 0.1) is 24.3 Å². The SMILES string of the molecule is O=c1cc(-c2ccc(O)cc2)oc2c(C3OC(CO)C(O)C3O)c(O)c(C3OC(CO)C(O)C(O)C3O)c(O)c12. The van der Waals surface area contributed by atoms with E-state index < -0.39 is 107 Å². The number of phenols is 3. The van der Waals surface area contributed by atoms with Crippen molar-refractivity contribution >= 4 is 11.0 Å². The van der Waals surface area contributed by atoms with Crippen LogP contribution in [0.2, 0.25) is 0 Å². The molecule has 3 heterocycles. The Morgan fingerprint density at radius 3 is 1.75 bits per heavy atom. The first kappa shape index (κ1) is 28.2. The van der Waals surface area contributed by atoms with Crippen LogP contribution < -0.4 is 5.43 Å². The summed E-state index contributed by atoms with van der Waals surface area (Å²) in [4.78, 5) is 13.4. The van der Waals surface area contributed by atoms with E-state index in [0.717, 1.165) is 6.07 Å². The molecule has 2 aliphatic rings. The maximum Gasteiger partial charge on any atom is 0.197 e. The van der Waals surface area contributed by atoms with E-state index in [4.69, 9.17) is 13.9 Å². The second-order valence-corrected chi connectivity index (χ2v) is 9.76. The second kappa shape index (κ2) is 10.6. The molecule has 10 N–H and O–H groups in total. The highest BCUT2D eigenvalue weighted by Gasteiger charge is 2.49. The normalized spacial score (nSPS) is 32.5. The number of ether oxygens (including phenoxy) is 2. The van der Waals surface area contributed by atoms with Gasteiger partial charge in [-0.1, -0.05) is 0 Å². The summed E-state index contributed by atoms with van der Waals surface area (Å²) < 4.78 is 17.0. The smallest absolute Gasteiger partial charge is 0.197 e. The molecular weight excluding hydrogens is 536 g/mol. The average molecular weight is 564 g/mol. The van der Waals surface area contributed by atoms with Gasteiger partial charge in [0.1, 0.15) is 83.3 Å². The predicted octanol–water partition coefficient (Wildman–Crippen LogP) is -1.75. The van der Waals surface area contributed by atoms with Crippen molar-refractivity contribution in [2.75, 3.05) is 13.2 Å². The zero-order valence-electron chi connectivity index (χ0n) is 20.6. The summed E-state index contributed by atoms with van der Waals surface area (Å²) in [7, 11) is 0. The van der Waals surface area contributed by atoms with Crippen molar-refractivity contribution in [3.63, 3.8) is 0 Å². The molecule has 14 nitrogen and oxygen atoms in total. The van der Waals surface area contributed by atoms with Gasteiger partial charge in [-0.3, -0.25) is 4.79 Å². The first-order valence-electron chi connectivity index (χ1n) is 12.3. The molecular formula is C26H28O14. The summed E-state index contributed by atoms with van der Waals surface area (Å²) in [5.74, 6) is -2.00. The van der Waals surface area contributed by atoms with Crippen molar-refractivity contribution in [3.8, 4) is 28.6 Å². The van der Waals surface area contributed by atoms with Crippen molar-refractivity contribution in [3.05, 3.63) is 51.7 Å². The van der Waals surface area contributed by atoms with Crippen molar-refractivity contribution in [2.45, 2.75) is 54.9 Å². The number of phenolic OH excluding ortho intramolecular Hbond substituents is 3. The van der Waals surface area contributed by atoms with E-state index in [-0.39, 0.29) is 11.5 Å². The highest BCUT2D eigenvalue weighted by Crippen LogP contribution is 2.51. The van der Waals surface area contributed by atoms with Gasteiger partial charge in [-0.05, 0) is 24.3 Å². The Morgan fingerprint density at radius 1 is 0.675 bits per heavy atom. The lowest BCUT2D eigenvalue weighted by molar-refractivity contribution is -0.232. The third-order valence-electron chi connectivity index (χ3n) is 7.35. The number of rotatable bonds is 5. The van der Waals surface area contributed by atoms with Crippen LogP contribution in [-0.2, 0) is 9.47 Å². The molecule has 14 heteroatoms. The standard InChI is InChI=1S/C26H28O14/c27-6-12-17(31)21(35)23(37)25(39-12)15-19(33)14-10(30)5-11(8-1-3-9(29)4-2-8)38-24(14)16(20(15)34)26-22(36)18(32)13(7-28)40-26/h1-5,12-13,17-18,21-23,25-29,31-37H,6-7H2. The quantitative estimate of drug-likeness (QED) is 0.165. The van der Waals surface area contributed by atoms with E-state index in [0.29, 0.717) is 5.56 Å². The number of aliphatic hydroxyl groups excluding tert-OH is 7. The highest BCUT2D eigenvalue weighted by atomic mass is 16.6. The summed E-state index contributed by atoms with van der Waals surface area (Å²) >= 11 is 0. The fourth-order valence-corrected chi connectivity index (χ4v) is 5.19. The van der Waals surface area contributed by atoms with Crippen LogP contribution in [0.5, 0.6) is 17.2 Å². The van der Waals surface area contributed by atoms with E-state index in [2.05, 4.69) is 0 Å². The summed E-state index contributed by atoms with van der Waals surface area (Å²) in [5.41, 5.74) is -2.14. The lowest BCUT2D eigenvalue weighted by Crippen LogP contribution is -2.55. The van der Waals surface area contributed by atoms with E-state index >= 15 is 0 Å². The summed E-state index contributed by atoms with van der Waals surface area (Å²) in [5, 5.41) is 103. The molecule has 1 aromatic heterocycles. The maximum absolute atomic E-state index is 13.4. The molecule has 0 saturated carbocycles. The Hall–Kier alpha value is -3.31. The second-order valence-electron chi connectivity index (χ2n) is 9.76. The fraction of sp³-hybridized carbons (Fsp3) is 0.423. The molecule has 2 saturated heterocycles. The summed E-state index contributed by atoms with van der Waals surface area (Å²) in [6.07, 6.45) is -15.3. The maximum atomic E-state index is 13.4. The molecule has 9 unspecified atom stereocenters. The van der Waals surface area contributed by atoms with E-state index in [1.807, 2.05) is 0 Å². The number of fused-ring (bicyclic) bond motifs is 1. The molecule has 40 heavy (non-hydrogen) atoms. The van der Waals surface area contributed by atoms with Crippen LogP contribution in [0.3, 0.4) is 0 Å². The predicted molar refractivity (Wildman–Crippen MR) is 132 cm³/mol. The van der Waals surface area contributed by atoms with E-state index in [1.54, 1.807) is 0 Å². The lowest BCUT2D eigenvalue weighted by atomic mass is 9.87. The van der Waals surface area contributed by atoms with Crippen LogP contribution in [0.1, 0.15) is 23.3 Å². The van der Waals surface area contributed by atoms with Crippen molar-refractivity contribution in [2.24, 2.45) is 0 Å². The topological polar surface area (TPSA) is 251 Å². The van der Waals surface area contributed by atoms with Crippen LogP contribution >= 0.6 is 0 Å². The Kier molecular flexibility index (Phi) is 7.47. The van der Waals surface area contributed by atoms with Gasteiger partial charge in [0.25, 0.3) is 0 Å². The largest absolute Gasteiger partial charge is 0.508 e. The van der Waals surface area contributed by atoms with E-state index in [9.17, 15) is 55.9 Å². The monoisotopic (exact) mass is 564 g/mol. The van der Waals surface area contributed by atoms with Crippen LogP contribution in [0, 0.1) is 0 Å². The van der Waals surface area contributed by atoms with Crippen LogP contribution in [-0.4, -0.2) is 107 Å². The molecule has 3 aromatic rings. The van der Waals surface area contributed by atoms with Crippen molar-refractivity contribution < 1.29 is 65.0 Å². The van der Waals surface area contributed by atoms with Gasteiger partial charge in [-0.2, -0.15) is 0 Å². The molecule has 0 radical (unpaired) electrons. The van der Waals surface area contributed by atoms with Gasteiger partial charge in [-0.15, -0.1) is 0 Å². The molecule has 0 amide bonds. The molecule has 2 aliphatic heterocycles. The number of benzene rings is 2. The van der Waals surface area contributed by atoms with Gasteiger partial charge in [0.2, 0.25) is 0 Å². The Balaban J connectivity index is 1.80. The van der Waals surface area contributed by atoms with Gasteiger partial charge in [0, 0.05) is 11.6 Å². The van der Waals surface area contributed by atoms with Crippen molar-refractivity contribution in [1.29, 1.82) is 0 Å². The van der Waals surface area contributed by atoms with Crippen LogP contribution in [0.25, 0.3) is 22.3 Å². The number of hydrogen-bond acceptors (Lipinski definition) is 14. The number of hydrogen-bond donors (Lipinski definition) is 10. The molecule has 2 aromatic carbocycles. The number of aliphatic hydroxyl groups is 7. The minimum atomic E-state index is -1.98. The molecule has 0 bridgehead atoms. The molecule has 0 spiro atoms. The Labute approximate surface area is 224 Å². The molecule has 5 rings (SSSR count). The zero-order valence-corrected chi connectivity index (χ0v) is 20.6. The molecule has 216 valence electrons. The fourth-order valence-electron chi connectivity index (χ4n) is 5.19. The van der Waals surface area contributed by atoms with Gasteiger partial charge >= 0.3 is 0 Å². The van der Waals surface area contributed by atoms with Gasteiger partial charge in [-0.25, -0.2) is 0 Å². The summed E-state index contributed by atoms with van der Waals surface area (Å²) in [6, 6.07) is 6.50. The molecule has 0 aliphatic carbocycles. The molecule has 2 fully saturated rings.